The van der Waals surface area contributed by atoms with Crippen molar-refractivity contribution in [2.75, 3.05) is 0 Å². The number of fused-ring (bicyclic) bond motifs is 1. The summed E-state index contributed by atoms with van der Waals surface area (Å²) in [6.07, 6.45) is 5.18. The van der Waals surface area contributed by atoms with Gasteiger partial charge in [0.25, 0.3) is 0 Å². The van der Waals surface area contributed by atoms with Gasteiger partial charge < -0.3 is 5.32 Å². The summed E-state index contributed by atoms with van der Waals surface area (Å²) in [5.74, 6) is 0.731. The van der Waals surface area contributed by atoms with E-state index in [1.807, 2.05) is 11.3 Å². The quantitative estimate of drug-likeness (QED) is 0.829. The Morgan fingerprint density at radius 3 is 3.00 bits per heavy atom. The van der Waals surface area contributed by atoms with Crippen LogP contribution in [0.2, 0.25) is 0 Å². The topological polar surface area (TPSA) is 12.0 Å². The van der Waals surface area contributed by atoms with Crippen molar-refractivity contribution in [2.45, 2.75) is 58.5 Å². The van der Waals surface area contributed by atoms with E-state index >= 15 is 0 Å². The highest BCUT2D eigenvalue weighted by Crippen LogP contribution is 2.34. The van der Waals surface area contributed by atoms with Gasteiger partial charge in [-0.3, -0.25) is 0 Å². The second-order valence-corrected chi connectivity index (χ2v) is 6.17. The second kappa shape index (κ2) is 5.33. The Morgan fingerprint density at radius 1 is 1.50 bits per heavy atom. The molecule has 0 aliphatic heterocycles. The third kappa shape index (κ3) is 2.49. The molecular formula is C14H23NS. The normalized spacial score (nSPS) is 22.1. The van der Waals surface area contributed by atoms with E-state index in [-0.39, 0.29) is 0 Å². The van der Waals surface area contributed by atoms with Crippen LogP contribution in [0, 0.1) is 5.92 Å². The molecular weight excluding hydrogens is 214 g/mol. The highest BCUT2D eigenvalue weighted by Gasteiger charge is 2.23. The van der Waals surface area contributed by atoms with E-state index in [1.54, 1.807) is 10.4 Å². The van der Waals surface area contributed by atoms with Gasteiger partial charge in [-0.1, -0.05) is 20.8 Å². The first-order valence-corrected chi connectivity index (χ1v) is 7.42. The zero-order valence-corrected chi connectivity index (χ0v) is 11.4. The minimum atomic E-state index is 0.613. The zero-order chi connectivity index (χ0) is 11.5. The maximum Gasteiger partial charge on any atom is 0.0333 e. The first-order valence-electron chi connectivity index (χ1n) is 6.54. The van der Waals surface area contributed by atoms with Crippen LogP contribution in [-0.2, 0) is 6.42 Å². The van der Waals surface area contributed by atoms with Gasteiger partial charge in [0.15, 0.2) is 0 Å². The van der Waals surface area contributed by atoms with Crippen molar-refractivity contribution < 1.29 is 0 Å². The molecule has 1 N–H and O–H groups in total. The second-order valence-electron chi connectivity index (χ2n) is 5.17. The van der Waals surface area contributed by atoms with Crippen LogP contribution >= 0.6 is 11.3 Å². The van der Waals surface area contributed by atoms with Crippen molar-refractivity contribution in [1.29, 1.82) is 0 Å². The van der Waals surface area contributed by atoms with Crippen molar-refractivity contribution >= 4 is 11.3 Å². The van der Waals surface area contributed by atoms with E-state index in [0.29, 0.717) is 12.1 Å². The minimum absolute atomic E-state index is 0.613. The molecule has 2 rings (SSSR count). The smallest absolute Gasteiger partial charge is 0.0333 e. The Balaban J connectivity index is 2.07. The number of thiophene rings is 1. The van der Waals surface area contributed by atoms with E-state index in [9.17, 15) is 0 Å². The van der Waals surface area contributed by atoms with Gasteiger partial charge in [0.05, 0.1) is 0 Å². The fourth-order valence-corrected chi connectivity index (χ4v) is 3.69. The van der Waals surface area contributed by atoms with Crippen LogP contribution < -0.4 is 5.32 Å². The fourth-order valence-electron chi connectivity index (χ4n) is 2.70. The van der Waals surface area contributed by atoms with Crippen molar-refractivity contribution in [3.05, 3.63) is 21.9 Å². The molecule has 1 nitrogen and oxygen atoms in total. The van der Waals surface area contributed by atoms with Gasteiger partial charge >= 0.3 is 0 Å². The van der Waals surface area contributed by atoms with Crippen LogP contribution in [0.15, 0.2) is 11.4 Å². The number of rotatable bonds is 4. The van der Waals surface area contributed by atoms with E-state index < -0.39 is 0 Å². The van der Waals surface area contributed by atoms with Gasteiger partial charge in [0.2, 0.25) is 0 Å². The van der Waals surface area contributed by atoms with E-state index in [0.717, 1.165) is 5.92 Å². The SMILES string of the molecule is CCC(NC1CCCc2sccc21)C(C)C. The summed E-state index contributed by atoms with van der Waals surface area (Å²) in [4.78, 5) is 1.61. The monoisotopic (exact) mass is 237 g/mol. The summed E-state index contributed by atoms with van der Waals surface area (Å²) in [5.41, 5.74) is 1.58. The molecule has 90 valence electrons. The lowest BCUT2D eigenvalue weighted by molar-refractivity contribution is 0.326. The van der Waals surface area contributed by atoms with Gasteiger partial charge in [-0.05, 0) is 48.6 Å². The van der Waals surface area contributed by atoms with Crippen LogP contribution in [0.1, 0.15) is 56.5 Å². The highest BCUT2D eigenvalue weighted by molar-refractivity contribution is 7.10. The fraction of sp³-hybridized carbons (Fsp3) is 0.714. The Bertz CT molecular complexity index is 329. The lowest BCUT2D eigenvalue weighted by atomic mass is 9.91. The number of hydrogen-bond donors (Lipinski definition) is 1. The first kappa shape index (κ1) is 12.1. The summed E-state index contributed by atoms with van der Waals surface area (Å²) in [7, 11) is 0. The molecule has 1 heterocycles. The Hall–Kier alpha value is -0.340. The van der Waals surface area contributed by atoms with E-state index in [2.05, 4.69) is 37.5 Å². The van der Waals surface area contributed by atoms with Crippen LogP contribution in [0.4, 0.5) is 0 Å². The summed E-state index contributed by atoms with van der Waals surface area (Å²) in [5, 5.41) is 6.11. The summed E-state index contributed by atoms with van der Waals surface area (Å²) >= 11 is 1.93. The lowest BCUT2D eigenvalue weighted by Crippen LogP contribution is -2.37. The minimum Gasteiger partial charge on any atom is -0.307 e. The molecule has 0 spiro atoms. The molecule has 1 aromatic rings. The molecule has 2 atom stereocenters. The lowest BCUT2D eigenvalue weighted by Gasteiger charge is -2.30. The summed E-state index contributed by atoms with van der Waals surface area (Å²) in [6.45, 7) is 6.92. The first-order chi connectivity index (χ1) is 7.72. The maximum absolute atomic E-state index is 3.85. The van der Waals surface area contributed by atoms with Crippen LogP contribution in [0.3, 0.4) is 0 Å². The number of hydrogen-bond acceptors (Lipinski definition) is 2. The summed E-state index contributed by atoms with van der Waals surface area (Å²) < 4.78 is 0. The molecule has 2 heteroatoms. The largest absolute Gasteiger partial charge is 0.307 e. The third-order valence-corrected chi connectivity index (χ3v) is 4.71. The molecule has 0 fully saturated rings. The molecule has 0 radical (unpaired) electrons. The van der Waals surface area contributed by atoms with E-state index in [1.165, 1.54) is 25.7 Å². The van der Waals surface area contributed by atoms with Gasteiger partial charge in [-0.15, -0.1) is 11.3 Å². The van der Waals surface area contributed by atoms with Crippen molar-refractivity contribution in [3.8, 4) is 0 Å². The molecule has 1 aliphatic carbocycles. The summed E-state index contributed by atoms with van der Waals surface area (Å²) in [6, 6.07) is 3.60. The van der Waals surface area contributed by atoms with Crippen molar-refractivity contribution in [1.82, 2.24) is 5.32 Å². The van der Waals surface area contributed by atoms with Crippen LogP contribution in [0.5, 0.6) is 0 Å². The van der Waals surface area contributed by atoms with Gasteiger partial charge in [-0.2, -0.15) is 0 Å². The maximum atomic E-state index is 3.85. The van der Waals surface area contributed by atoms with Gasteiger partial charge in [-0.25, -0.2) is 0 Å². The molecule has 2 unspecified atom stereocenters. The molecule has 0 aromatic carbocycles. The number of nitrogens with one attached hydrogen (secondary N) is 1. The molecule has 0 saturated carbocycles. The molecule has 1 aromatic heterocycles. The molecule has 16 heavy (non-hydrogen) atoms. The van der Waals surface area contributed by atoms with Crippen molar-refractivity contribution in [3.63, 3.8) is 0 Å². The molecule has 0 saturated heterocycles. The average Bonchev–Trinajstić information content (AvgIpc) is 2.73. The third-order valence-electron chi connectivity index (χ3n) is 3.71. The Labute approximate surface area is 103 Å². The number of aryl methyl sites for hydroxylation is 1. The molecule has 0 bridgehead atoms. The Morgan fingerprint density at radius 2 is 2.31 bits per heavy atom. The predicted octanol–water partition coefficient (Wildman–Crippen LogP) is 4.15. The van der Waals surface area contributed by atoms with Crippen molar-refractivity contribution in [2.24, 2.45) is 5.92 Å². The molecule has 0 amide bonds. The zero-order valence-electron chi connectivity index (χ0n) is 10.6. The van der Waals surface area contributed by atoms with E-state index in [4.69, 9.17) is 0 Å². The predicted molar refractivity (Wildman–Crippen MR) is 72.1 cm³/mol. The van der Waals surface area contributed by atoms with Crippen LogP contribution in [-0.4, -0.2) is 6.04 Å². The Kier molecular flexibility index (Phi) is 4.04. The highest BCUT2D eigenvalue weighted by atomic mass is 32.1. The molecule has 1 aliphatic rings. The van der Waals surface area contributed by atoms with Crippen LogP contribution in [0.25, 0.3) is 0 Å². The standard InChI is InChI=1S/C14H23NS/c1-4-12(10(2)3)15-13-6-5-7-14-11(13)8-9-16-14/h8-10,12-13,15H,4-7H2,1-3H3. The van der Waals surface area contributed by atoms with Gasteiger partial charge in [0.1, 0.15) is 0 Å². The van der Waals surface area contributed by atoms with Gasteiger partial charge in [0, 0.05) is 17.0 Å². The average molecular weight is 237 g/mol.